The number of hydrogen-bond donors (Lipinski definition) is 2. The van der Waals surface area contributed by atoms with Gasteiger partial charge in [-0.05, 0) is 31.2 Å². The Morgan fingerprint density at radius 2 is 1.81 bits per heavy atom. The maximum atomic E-state index is 12.5. The molecule has 0 fully saturated rings. The van der Waals surface area contributed by atoms with Crippen LogP contribution in [0.25, 0.3) is 10.6 Å². The number of benzene rings is 2. The molecule has 2 aromatic carbocycles. The van der Waals surface area contributed by atoms with E-state index in [0.29, 0.717) is 11.4 Å². The molecule has 0 aliphatic rings. The van der Waals surface area contributed by atoms with Crippen LogP contribution in [0, 0.1) is 6.92 Å². The molecule has 1 unspecified atom stereocenters. The Morgan fingerprint density at radius 1 is 1.08 bits per heavy atom. The van der Waals surface area contributed by atoms with Crippen molar-refractivity contribution in [1.82, 2.24) is 4.98 Å². The minimum atomic E-state index is -4.84. The van der Waals surface area contributed by atoms with Gasteiger partial charge in [0.05, 0.1) is 11.4 Å². The molecular formula is C17H14F3N3OS2. The van der Waals surface area contributed by atoms with Crippen molar-refractivity contribution >= 4 is 39.4 Å². The molecule has 0 amide bonds. The lowest BCUT2D eigenvalue weighted by molar-refractivity contribution is -0.0379. The Labute approximate surface area is 154 Å². The molecule has 3 rings (SSSR count). The van der Waals surface area contributed by atoms with Gasteiger partial charge in [0, 0.05) is 22.3 Å². The van der Waals surface area contributed by atoms with Crippen LogP contribution in [0.4, 0.5) is 30.2 Å². The predicted molar refractivity (Wildman–Crippen MR) is 99.8 cm³/mol. The van der Waals surface area contributed by atoms with Crippen molar-refractivity contribution in [3.63, 3.8) is 0 Å². The van der Waals surface area contributed by atoms with E-state index in [9.17, 15) is 17.4 Å². The molecule has 0 spiro atoms. The number of thiazole rings is 1. The first-order valence-corrected chi connectivity index (χ1v) is 9.50. The maximum Gasteiger partial charge on any atom is 0.490 e. The average Bonchev–Trinajstić information content (AvgIpc) is 3.02. The monoisotopic (exact) mass is 397 g/mol. The fourth-order valence-corrected chi connectivity index (χ4v) is 3.50. The van der Waals surface area contributed by atoms with Crippen LogP contribution in [0.15, 0.2) is 53.9 Å². The second kappa shape index (κ2) is 7.46. The molecule has 2 N–H and O–H groups in total. The van der Waals surface area contributed by atoms with E-state index in [-0.39, 0.29) is 5.69 Å². The van der Waals surface area contributed by atoms with E-state index in [0.717, 1.165) is 16.3 Å². The topological polar surface area (TPSA) is 54.0 Å². The molecule has 0 saturated carbocycles. The zero-order valence-corrected chi connectivity index (χ0v) is 15.1. The van der Waals surface area contributed by atoms with Gasteiger partial charge in [-0.15, -0.1) is 11.3 Å². The fraction of sp³-hybridized carbons (Fsp3) is 0.118. The summed E-state index contributed by atoms with van der Waals surface area (Å²) in [6.07, 6.45) is 0. The van der Waals surface area contributed by atoms with Crippen molar-refractivity contribution in [1.29, 1.82) is 0 Å². The van der Waals surface area contributed by atoms with E-state index in [2.05, 4.69) is 10.3 Å². The van der Waals surface area contributed by atoms with Crippen molar-refractivity contribution in [3.8, 4) is 10.6 Å². The van der Waals surface area contributed by atoms with Gasteiger partial charge in [0.25, 0.3) is 0 Å². The normalized spacial score (nSPS) is 12.6. The van der Waals surface area contributed by atoms with Crippen molar-refractivity contribution in [3.05, 3.63) is 59.6 Å². The van der Waals surface area contributed by atoms with E-state index >= 15 is 0 Å². The third-order valence-electron chi connectivity index (χ3n) is 3.35. The third-order valence-corrected chi connectivity index (χ3v) is 5.18. The van der Waals surface area contributed by atoms with E-state index in [1.165, 1.54) is 17.4 Å². The highest BCUT2D eigenvalue weighted by molar-refractivity contribution is 7.87. The van der Waals surface area contributed by atoms with Crippen LogP contribution in [0.2, 0.25) is 0 Å². The summed E-state index contributed by atoms with van der Waals surface area (Å²) in [6, 6.07) is 13.7. The average molecular weight is 397 g/mol. The number of aryl methyl sites for hydroxylation is 1. The third kappa shape index (κ3) is 4.41. The van der Waals surface area contributed by atoms with Crippen molar-refractivity contribution in [2.45, 2.75) is 12.4 Å². The van der Waals surface area contributed by atoms with Gasteiger partial charge in [-0.3, -0.25) is 4.72 Å². The van der Waals surface area contributed by atoms with Gasteiger partial charge in [0.1, 0.15) is 5.01 Å². The number of halogens is 3. The van der Waals surface area contributed by atoms with Gasteiger partial charge in [-0.25, -0.2) is 9.19 Å². The predicted octanol–water partition coefficient (Wildman–Crippen LogP) is 5.46. The van der Waals surface area contributed by atoms with Crippen LogP contribution in [0.5, 0.6) is 0 Å². The van der Waals surface area contributed by atoms with Crippen LogP contribution in [-0.4, -0.2) is 14.7 Å². The van der Waals surface area contributed by atoms with E-state index in [1.54, 1.807) is 24.3 Å². The Hall–Kier alpha value is -2.39. The van der Waals surface area contributed by atoms with Gasteiger partial charge < -0.3 is 5.32 Å². The number of para-hydroxylation sites is 2. The highest BCUT2D eigenvalue weighted by Crippen LogP contribution is 2.31. The first-order valence-electron chi connectivity index (χ1n) is 7.47. The largest absolute Gasteiger partial charge is 0.490 e. The molecule has 0 aliphatic heterocycles. The summed E-state index contributed by atoms with van der Waals surface area (Å²) >= 11 is 1.52. The van der Waals surface area contributed by atoms with Crippen LogP contribution >= 0.6 is 11.3 Å². The summed E-state index contributed by atoms with van der Waals surface area (Å²) in [7, 11) is -3.19. The first kappa shape index (κ1) is 18.4. The SMILES string of the molecule is Cc1csc(-c2cccc(Nc3ccccc3NS(=O)C(F)(F)F)c2)n1. The molecule has 4 nitrogen and oxygen atoms in total. The highest BCUT2D eigenvalue weighted by atomic mass is 32.2. The Balaban J connectivity index is 1.85. The Bertz CT molecular complexity index is 941. The molecule has 1 aromatic heterocycles. The van der Waals surface area contributed by atoms with Gasteiger partial charge in [-0.1, -0.05) is 24.3 Å². The molecule has 0 aliphatic carbocycles. The number of nitrogens with zero attached hydrogens (tertiary/aromatic N) is 1. The molecule has 26 heavy (non-hydrogen) atoms. The Kier molecular flexibility index (Phi) is 5.28. The lowest BCUT2D eigenvalue weighted by atomic mass is 10.2. The van der Waals surface area contributed by atoms with Gasteiger partial charge in [-0.2, -0.15) is 13.2 Å². The standard InChI is InChI=1S/C17H14F3N3OS2/c1-11-10-25-16(21-11)12-5-4-6-13(9-12)22-14-7-2-3-8-15(14)23-26(24)17(18,19)20/h2-10,22-23H,1H3. The molecular weight excluding hydrogens is 383 g/mol. The highest BCUT2D eigenvalue weighted by Gasteiger charge is 2.37. The summed E-state index contributed by atoms with van der Waals surface area (Å²) in [5.41, 5.74) is -1.85. The molecule has 3 aromatic rings. The zero-order chi connectivity index (χ0) is 18.7. The van der Waals surface area contributed by atoms with Crippen LogP contribution in [0.3, 0.4) is 0 Å². The zero-order valence-electron chi connectivity index (χ0n) is 13.5. The minimum Gasteiger partial charge on any atom is -0.354 e. The van der Waals surface area contributed by atoms with Crippen LogP contribution in [0.1, 0.15) is 5.69 Å². The molecule has 9 heteroatoms. The summed E-state index contributed by atoms with van der Waals surface area (Å²) in [5, 5.41) is 5.86. The number of alkyl halides is 3. The lowest BCUT2D eigenvalue weighted by Crippen LogP contribution is -2.23. The second-order valence-corrected chi connectivity index (χ2v) is 7.42. The van der Waals surface area contributed by atoms with Gasteiger partial charge in [0.2, 0.25) is 11.0 Å². The molecule has 1 atom stereocenters. The number of nitrogens with one attached hydrogen (secondary N) is 2. The summed E-state index contributed by atoms with van der Waals surface area (Å²) in [6.45, 7) is 1.91. The molecule has 0 radical (unpaired) electrons. The maximum absolute atomic E-state index is 12.5. The second-order valence-electron chi connectivity index (χ2n) is 5.36. The number of anilines is 3. The molecule has 136 valence electrons. The molecule has 0 bridgehead atoms. The summed E-state index contributed by atoms with van der Waals surface area (Å²) in [4.78, 5) is 4.43. The number of rotatable bonds is 5. The summed E-state index contributed by atoms with van der Waals surface area (Å²) < 4.78 is 51.0. The smallest absolute Gasteiger partial charge is 0.354 e. The molecule has 0 saturated heterocycles. The van der Waals surface area contributed by atoms with Crippen molar-refractivity contribution in [2.24, 2.45) is 0 Å². The van der Waals surface area contributed by atoms with Gasteiger partial charge in [0.15, 0.2) is 0 Å². The first-order chi connectivity index (χ1) is 12.3. The Morgan fingerprint density at radius 3 is 2.46 bits per heavy atom. The summed E-state index contributed by atoms with van der Waals surface area (Å²) in [5.74, 6) is 0. The van der Waals surface area contributed by atoms with E-state index in [1.807, 2.05) is 35.2 Å². The number of aromatic nitrogens is 1. The minimum absolute atomic E-state index is 0.0960. The fourth-order valence-electron chi connectivity index (χ4n) is 2.21. The van der Waals surface area contributed by atoms with Crippen LogP contribution in [-0.2, 0) is 11.0 Å². The van der Waals surface area contributed by atoms with Crippen LogP contribution < -0.4 is 10.0 Å². The van der Waals surface area contributed by atoms with E-state index < -0.39 is 16.5 Å². The quantitative estimate of drug-likeness (QED) is 0.601. The van der Waals surface area contributed by atoms with Crippen molar-refractivity contribution in [2.75, 3.05) is 10.0 Å². The number of hydrogen-bond acceptors (Lipinski definition) is 4. The van der Waals surface area contributed by atoms with Crippen molar-refractivity contribution < 1.29 is 17.4 Å². The molecule has 1 heterocycles. The lowest BCUT2D eigenvalue weighted by Gasteiger charge is -2.14. The van der Waals surface area contributed by atoms with E-state index in [4.69, 9.17) is 0 Å². The van der Waals surface area contributed by atoms with Gasteiger partial charge >= 0.3 is 5.51 Å².